The Morgan fingerprint density at radius 2 is 0.971 bits per heavy atom. The fourth-order valence-electron chi connectivity index (χ4n) is 3.00. The first kappa shape index (κ1) is 24.9. The molecule has 0 aliphatic heterocycles. The van der Waals surface area contributed by atoms with E-state index in [-0.39, 0.29) is 17.7 Å². The molecule has 35 heavy (non-hydrogen) atoms. The molecule has 0 heterocycles. The lowest BCUT2D eigenvalue weighted by atomic mass is 10.0. The van der Waals surface area contributed by atoms with E-state index in [0.29, 0.717) is 28.2 Å². The Labute approximate surface area is 205 Å². The normalized spacial score (nSPS) is 10.5. The van der Waals surface area contributed by atoms with E-state index in [9.17, 15) is 14.4 Å². The summed E-state index contributed by atoms with van der Waals surface area (Å²) in [7, 11) is 0. The van der Waals surface area contributed by atoms with Crippen LogP contribution >= 0.6 is 0 Å². The van der Waals surface area contributed by atoms with Crippen LogP contribution in [-0.2, 0) is 14.4 Å². The number of rotatable bonds is 8. The summed E-state index contributed by atoms with van der Waals surface area (Å²) in [4.78, 5) is 35.7. The second-order valence-corrected chi connectivity index (χ2v) is 8.07. The molecule has 6 heteroatoms. The zero-order valence-corrected chi connectivity index (χ0v) is 19.7. The molecule has 0 saturated carbocycles. The van der Waals surface area contributed by atoms with Gasteiger partial charge < -0.3 is 16.0 Å². The van der Waals surface area contributed by atoms with E-state index in [2.05, 4.69) is 29.1 Å². The molecule has 0 spiro atoms. The molecular weight excluding hydrogens is 438 g/mol. The Morgan fingerprint density at radius 3 is 1.37 bits per heavy atom. The molecule has 0 radical (unpaired) electrons. The largest absolute Gasteiger partial charge is 0.323 e. The second kappa shape index (κ2) is 11.4. The van der Waals surface area contributed by atoms with Crippen molar-refractivity contribution >= 4 is 40.9 Å². The minimum Gasteiger partial charge on any atom is -0.323 e. The molecule has 0 atom stereocenters. The zero-order chi connectivity index (χ0) is 25.4. The van der Waals surface area contributed by atoms with E-state index in [0.717, 1.165) is 16.7 Å². The maximum Gasteiger partial charge on any atom is 0.250 e. The predicted octanol–water partition coefficient (Wildman–Crippen LogP) is 6.03. The fraction of sp³-hybridized carbons (Fsp3) is 0.0690. The Balaban J connectivity index is 1.55. The van der Waals surface area contributed by atoms with Crippen LogP contribution in [0.1, 0.15) is 19.4 Å². The van der Waals surface area contributed by atoms with Crippen molar-refractivity contribution < 1.29 is 14.4 Å². The van der Waals surface area contributed by atoms with Gasteiger partial charge in [-0.05, 0) is 73.0 Å². The summed E-state index contributed by atoms with van der Waals surface area (Å²) < 4.78 is 0. The van der Waals surface area contributed by atoms with Gasteiger partial charge in [-0.25, -0.2) is 0 Å². The maximum atomic E-state index is 12.3. The molecule has 0 bridgehead atoms. The summed E-state index contributed by atoms with van der Waals surface area (Å²) >= 11 is 0. The average molecular weight is 466 g/mol. The Hall–Kier alpha value is -4.71. The van der Waals surface area contributed by atoms with Crippen molar-refractivity contribution in [3.8, 4) is 11.1 Å². The first-order chi connectivity index (χ1) is 16.7. The van der Waals surface area contributed by atoms with E-state index < -0.39 is 0 Å². The highest BCUT2D eigenvalue weighted by Crippen LogP contribution is 2.23. The van der Waals surface area contributed by atoms with Gasteiger partial charge in [-0.1, -0.05) is 49.6 Å². The number of carbonyl (C=O) groups is 3. The third-order valence-electron chi connectivity index (χ3n) is 5.00. The molecule has 6 nitrogen and oxygen atoms in total. The van der Waals surface area contributed by atoms with E-state index in [4.69, 9.17) is 0 Å². The Bertz CT molecular complexity index is 1290. The first-order valence-corrected chi connectivity index (χ1v) is 10.9. The number of amides is 3. The highest BCUT2D eigenvalue weighted by molar-refractivity contribution is 6.04. The smallest absolute Gasteiger partial charge is 0.250 e. The lowest BCUT2D eigenvalue weighted by Crippen LogP contribution is -2.11. The van der Waals surface area contributed by atoms with E-state index in [1.807, 2.05) is 60.7 Å². The van der Waals surface area contributed by atoms with Crippen LogP contribution in [0.4, 0.5) is 17.1 Å². The maximum absolute atomic E-state index is 12.3. The molecule has 0 saturated heterocycles. The number of anilines is 3. The third kappa shape index (κ3) is 7.40. The zero-order valence-electron chi connectivity index (χ0n) is 19.7. The van der Waals surface area contributed by atoms with Gasteiger partial charge in [-0.2, -0.15) is 0 Å². The SMILES string of the molecule is C=C(C)C(=O)Nc1ccc(/C=C/C(=O)Nc2ccc(-c3ccc(NC(=O)C(=C)C)cc3)cc2)cc1. The van der Waals surface area contributed by atoms with Gasteiger partial charge in [-0.15, -0.1) is 0 Å². The lowest BCUT2D eigenvalue weighted by Gasteiger charge is -2.08. The van der Waals surface area contributed by atoms with Gasteiger partial charge in [0, 0.05) is 34.3 Å². The summed E-state index contributed by atoms with van der Waals surface area (Å²) in [6.45, 7) is 10.5. The van der Waals surface area contributed by atoms with Gasteiger partial charge in [0.1, 0.15) is 0 Å². The van der Waals surface area contributed by atoms with Crippen molar-refractivity contribution in [2.75, 3.05) is 16.0 Å². The molecule has 3 amide bonds. The van der Waals surface area contributed by atoms with E-state index in [1.165, 1.54) is 6.08 Å². The standard InChI is InChI=1S/C29H27N3O3/c1-19(2)28(34)31-25-12-5-21(6-13-25)7-18-27(33)30-24-14-8-22(9-15-24)23-10-16-26(17-11-23)32-29(35)20(3)4/h5-18H,1,3H2,2,4H3,(H,30,33)(H,31,34)(H,32,35)/b18-7+. The van der Waals surface area contributed by atoms with Crippen molar-refractivity contribution in [2.24, 2.45) is 0 Å². The number of nitrogens with one attached hydrogen (secondary N) is 3. The van der Waals surface area contributed by atoms with Crippen LogP contribution in [0.5, 0.6) is 0 Å². The van der Waals surface area contributed by atoms with Gasteiger partial charge in [0.25, 0.3) is 11.8 Å². The highest BCUT2D eigenvalue weighted by Gasteiger charge is 2.05. The number of benzene rings is 3. The van der Waals surface area contributed by atoms with Crippen LogP contribution in [0.2, 0.25) is 0 Å². The molecule has 3 rings (SSSR count). The molecular formula is C29H27N3O3. The quantitative estimate of drug-likeness (QED) is 0.355. The van der Waals surface area contributed by atoms with Crippen molar-refractivity contribution in [1.29, 1.82) is 0 Å². The van der Waals surface area contributed by atoms with Crippen LogP contribution < -0.4 is 16.0 Å². The van der Waals surface area contributed by atoms with Gasteiger partial charge in [0.05, 0.1) is 0 Å². The predicted molar refractivity (Wildman–Crippen MR) is 143 cm³/mol. The molecule has 0 aliphatic carbocycles. The third-order valence-corrected chi connectivity index (χ3v) is 5.00. The van der Waals surface area contributed by atoms with Crippen LogP contribution in [0.25, 0.3) is 17.2 Å². The van der Waals surface area contributed by atoms with E-state index >= 15 is 0 Å². The molecule has 0 fully saturated rings. The summed E-state index contributed by atoms with van der Waals surface area (Å²) in [6.07, 6.45) is 3.15. The van der Waals surface area contributed by atoms with Crippen molar-refractivity contribution in [3.63, 3.8) is 0 Å². The van der Waals surface area contributed by atoms with Crippen molar-refractivity contribution in [3.05, 3.63) is 109 Å². The molecule has 176 valence electrons. The van der Waals surface area contributed by atoms with Crippen LogP contribution in [0.3, 0.4) is 0 Å². The van der Waals surface area contributed by atoms with Crippen LogP contribution in [0, 0.1) is 0 Å². The van der Waals surface area contributed by atoms with Gasteiger partial charge >= 0.3 is 0 Å². The van der Waals surface area contributed by atoms with Crippen LogP contribution in [0.15, 0.2) is 103 Å². The number of carbonyl (C=O) groups excluding carboxylic acids is 3. The highest BCUT2D eigenvalue weighted by atomic mass is 16.2. The van der Waals surface area contributed by atoms with Crippen LogP contribution in [-0.4, -0.2) is 17.7 Å². The Kier molecular flexibility index (Phi) is 8.14. The van der Waals surface area contributed by atoms with E-state index in [1.54, 1.807) is 32.1 Å². The molecule has 0 aromatic heterocycles. The van der Waals surface area contributed by atoms with Crippen molar-refractivity contribution in [1.82, 2.24) is 0 Å². The molecule has 0 unspecified atom stereocenters. The molecule has 3 aromatic carbocycles. The monoisotopic (exact) mass is 465 g/mol. The topological polar surface area (TPSA) is 87.3 Å². The molecule has 3 N–H and O–H groups in total. The summed E-state index contributed by atoms with van der Waals surface area (Å²) in [6, 6.07) is 22.1. The van der Waals surface area contributed by atoms with Crippen molar-refractivity contribution in [2.45, 2.75) is 13.8 Å². The lowest BCUT2D eigenvalue weighted by molar-refractivity contribution is -0.113. The van der Waals surface area contributed by atoms with Gasteiger partial charge in [0.15, 0.2) is 0 Å². The summed E-state index contributed by atoms with van der Waals surface area (Å²) in [5.41, 5.74) is 5.70. The Morgan fingerprint density at radius 1 is 0.600 bits per heavy atom. The molecule has 3 aromatic rings. The minimum atomic E-state index is -0.255. The number of hydrogen-bond acceptors (Lipinski definition) is 3. The fourth-order valence-corrected chi connectivity index (χ4v) is 3.00. The summed E-state index contributed by atoms with van der Waals surface area (Å²) in [5, 5.41) is 8.35. The second-order valence-electron chi connectivity index (χ2n) is 8.07. The minimum absolute atomic E-state index is 0.212. The van der Waals surface area contributed by atoms with Gasteiger partial charge in [0.2, 0.25) is 5.91 Å². The molecule has 0 aliphatic rings. The summed E-state index contributed by atoms with van der Waals surface area (Å²) in [5.74, 6) is -0.700. The first-order valence-electron chi connectivity index (χ1n) is 10.9. The van der Waals surface area contributed by atoms with Gasteiger partial charge in [-0.3, -0.25) is 14.4 Å². The number of hydrogen-bond donors (Lipinski definition) is 3. The average Bonchev–Trinajstić information content (AvgIpc) is 2.84.